The summed E-state index contributed by atoms with van der Waals surface area (Å²) in [6.07, 6.45) is 0.325. The van der Waals surface area contributed by atoms with E-state index in [0.29, 0.717) is 0 Å². The lowest BCUT2D eigenvalue weighted by atomic mass is 10.1. The van der Waals surface area contributed by atoms with E-state index in [-0.39, 0.29) is 19.2 Å². The van der Waals surface area contributed by atoms with Gasteiger partial charge in [0.05, 0.1) is 12.8 Å². The van der Waals surface area contributed by atoms with Crippen molar-refractivity contribution in [3.8, 4) is 0 Å². The van der Waals surface area contributed by atoms with Crippen LogP contribution in [0.5, 0.6) is 0 Å². The molecule has 0 aromatic heterocycles. The molecule has 2 atom stereocenters. The maximum atomic E-state index is 13.3. The third-order valence-electron chi connectivity index (χ3n) is 3.63. The topological polar surface area (TPSA) is 63.6 Å². The molecule has 23 heavy (non-hydrogen) atoms. The molecule has 0 fully saturated rings. The van der Waals surface area contributed by atoms with E-state index >= 15 is 0 Å². The Balaban J connectivity index is 2.30. The summed E-state index contributed by atoms with van der Waals surface area (Å²) in [6.45, 7) is 1.96. The first-order valence-electron chi connectivity index (χ1n) is 7.59. The van der Waals surface area contributed by atoms with Crippen LogP contribution in [0.3, 0.4) is 0 Å². The van der Waals surface area contributed by atoms with Crippen LogP contribution < -0.4 is 0 Å². The third kappa shape index (κ3) is 4.78. The molecule has 0 saturated heterocycles. The standard InChI is InChI=1S/C18H21O4P/c1-2-22-23(21,14-16-11-7-4-8-12-16)17(18(19)20)13-15-9-5-3-6-10-15/h3-12,17H,2,13-14H2,1H3,(H,19,20). The summed E-state index contributed by atoms with van der Waals surface area (Å²) in [6, 6.07) is 18.5. The number of carboxylic acid groups (broad SMARTS) is 1. The van der Waals surface area contributed by atoms with E-state index in [1.54, 1.807) is 6.92 Å². The van der Waals surface area contributed by atoms with Crippen molar-refractivity contribution in [2.24, 2.45) is 0 Å². The molecule has 0 spiro atoms. The number of hydrogen-bond donors (Lipinski definition) is 1. The molecule has 0 bridgehead atoms. The lowest BCUT2D eigenvalue weighted by molar-refractivity contribution is -0.136. The number of carboxylic acids is 1. The maximum absolute atomic E-state index is 13.3. The Morgan fingerprint density at radius 1 is 1.04 bits per heavy atom. The number of aliphatic carboxylic acids is 1. The molecule has 2 aromatic rings. The summed E-state index contributed by atoms with van der Waals surface area (Å²) in [5, 5.41) is 9.62. The Kier molecular flexibility index (Phi) is 6.14. The van der Waals surface area contributed by atoms with E-state index in [0.717, 1.165) is 11.1 Å². The van der Waals surface area contributed by atoms with E-state index in [2.05, 4.69) is 0 Å². The average Bonchev–Trinajstić information content (AvgIpc) is 2.54. The molecule has 0 heterocycles. The van der Waals surface area contributed by atoms with Crippen LogP contribution in [0.4, 0.5) is 0 Å². The Labute approximate surface area is 136 Å². The van der Waals surface area contributed by atoms with Gasteiger partial charge in [-0.15, -0.1) is 0 Å². The predicted octanol–water partition coefficient (Wildman–Crippen LogP) is 4.20. The van der Waals surface area contributed by atoms with Gasteiger partial charge < -0.3 is 9.63 Å². The second kappa shape index (κ2) is 8.09. The molecule has 2 aromatic carbocycles. The molecule has 0 radical (unpaired) electrons. The van der Waals surface area contributed by atoms with Gasteiger partial charge in [0, 0.05) is 0 Å². The number of benzene rings is 2. The minimum absolute atomic E-state index is 0.130. The summed E-state index contributed by atoms with van der Waals surface area (Å²) in [4.78, 5) is 11.8. The van der Waals surface area contributed by atoms with Crippen LogP contribution in [-0.4, -0.2) is 23.3 Å². The van der Waals surface area contributed by atoms with E-state index in [1.165, 1.54) is 0 Å². The largest absolute Gasteiger partial charge is 0.481 e. The molecule has 0 saturated carbocycles. The first-order chi connectivity index (χ1) is 11.0. The highest BCUT2D eigenvalue weighted by Gasteiger charge is 2.39. The molecule has 4 nitrogen and oxygen atoms in total. The van der Waals surface area contributed by atoms with Gasteiger partial charge in [-0.1, -0.05) is 60.7 Å². The highest BCUT2D eigenvalue weighted by Crippen LogP contribution is 2.55. The Morgan fingerprint density at radius 2 is 1.57 bits per heavy atom. The van der Waals surface area contributed by atoms with Gasteiger partial charge in [0.15, 0.2) is 0 Å². The molecular weight excluding hydrogens is 311 g/mol. The van der Waals surface area contributed by atoms with Gasteiger partial charge in [0.1, 0.15) is 5.66 Å². The van der Waals surface area contributed by atoms with Gasteiger partial charge >= 0.3 is 5.97 Å². The number of carbonyl (C=O) groups is 1. The highest BCUT2D eigenvalue weighted by atomic mass is 31.2. The smallest absolute Gasteiger partial charge is 0.316 e. The summed E-state index contributed by atoms with van der Waals surface area (Å²) in [5.41, 5.74) is 0.613. The second-order valence-electron chi connectivity index (χ2n) is 5.33. The Hall–Kier alpha value is -1.90. The van der Waals surface area contributed by atoms with Crippen LogP contribution in [0.15, 0.2) is 60.7 Å². The average molecular weight is 332 g/mol. The Bertz CT molecular complexity index is 670. The molecular formula is C18H21O4P. The maximum Gasteiger partial charge on any atom is 0.316 e. The van der Waals surface area contributed by atoms with Crippen LogP contribution in [-0.2, 0) is 26.5 Å². The molecule has 0 aliphatic heterocycles. The quantitative estimate of drug-likeness (QED) is 0.736. The van der Waals surface area contributed by atoms with Crippen molar-refractivity contribution >= 4 is 13.3 Å². The molecule has 0 aliphatic rings. The summed E-state index contributed by atoms with van der Waals surface area (Å²) in [7, 11) is -3.37. The summed E-state index contributed by atoms with van der Waals surface area (Å²) < 4.78 is 18.8. The molecule has 122 valence electrons. The third-order valence-corrected chi connectivity index (χ3v) is 6.48. The SMILES string of the molecule is CCOP(=O)(Cc1ccccc1)C(Cc1ccccc1)C(=O)O. The molecule has 1 N–H and O–H groups in total. The lowest BCUT2D eigenvalue weighted by Gasteiger charge is -2.24. The minimum Gasteiger partial charge on any atom is -0.481 e. The first kappa shape index (κ1) is 17.5. The lowest BCUT2D eigenvalue weighted by Crippen LogP contribution is -2.25. The van der Waals surface area contributed by atoms with Crippen molar-refractivity contribution in [1.29, 1.82) is 0 Å². The van der Waals surface area contributed by atoms with Gasteiger partial charge in [-0.25, -0.2) is 0 Å². The van der Waals surface area contributed by atoms with Crippen molar-refractivity contribution in [3.63, 3.8) is 0 Å². The number of hydrogen-bond acceptors (Lipinski definition) is 3. The molecule has 0 aliphatic carbocycles. The summed E-state index contributed by atoms with van der Waals surface area (Å²) >= 11 is 0. The summed E-state index contributed by atoms with van der Waals surface area (Å²) in [5.74, 6) is -1.08. The van der Waals surface area contributed by atoms with Crippen molar-refractivity contribution in [2.45, 2.75) is 25.2 Å². The van der Waals surface area contributed by atoms with Crippen molar-refractivity contribution in [2.75, 3.05) is 6.61 Å². The zero-order chi connectivity index (χ0) is 16.7. The van der Waals surface area contributed by atoms with E-state index in [1.807, 2.05) is 60.7 Å². The molecule has 2 rings (SSSR count). The van der Waals surface area contributed by atoms with Crippen LogP contribution >= 0.6 is 7.37 Å². The fourth-order valence-electron chi connectivity index (χ4n) is 2.53. The fraction of sp³-hybridized carbons (Fsp3) is 0.278. The van der Waals surface area contributed by atoms with Crippen LogP contribution in [0.1, 0.15) is 18.1 Å². The Morgan fingerprint density at radius 3 is 2.04 bits per heavy atom. The molecule has 5 heteroatoms. The van der Waals surface area contributed by atoms with Crippen LogP contribution in [0.25, 0.3) is 0 Å². The van der Waals surface area contributed by atoms with Gasteiger partial charge in [-0.2, -0.15) is 0 Å². The van der Waals surface area contributed by atoms with Crippen molar-refractivity contribution in [1.82, 2.24) is 0 Å². The number of rotatable bonds is 8. The fourth-order valence-corrected chi connectivity index (χ4v) is 5.01. The molecule has 0 amide bonds. The van der Waals surface area contributed by atoms with Gasteiger partial charge in [-0.3, -0.25) is 9.36 Å². The predicted molar refractivity (Wildman–Crippen MR) is 90.9 cm³/mol. The zero-order valence-corrected chi connectivity index (χ0v) is 14.0. The van der Waals surface area contributed by atoms with E-state index < -0.39 is 19.0 Å². The van der Waals surface area contributed by atoms with Crippen LogP contribution in [0, 0.1) is 0 Å². The second-order valence-corrected chi connectivity index (χ2v) is 7.98. The van der Waals surface area contributed by atoms with E-state index in [9.17, 15) is 14.5 Å². The van der Waals surface area contributed by atoms with Gasteiger partial charge in [0.2, 0.25) is 7.37 Å². The van der Waals surface area contributed by atoms with Gasteiger partial charge in [0.25, 0.3) is 0 Å². The monoisotopic (exact) mass is 332 g/mol. The minimum atomic E-state index is -3.37. The van der Waals surface area contributed by atoms with Crippen molar-refractivity contribution < 1.29 is 19.0 Å². The normalized spacial score (nSPS) is 14.8. The van der Waals surface area contributed by atoms with Crippen molar-refractivity contribution in [3.05, 3.63) is 71.8 Å². The first-order valence-corrected chi connectivity index (χ1v) is 9.47. The van der Waals surface area contributed by atoms with E-state index in [4.69, 9.17) is 4.52 Å². The highest BCUT2D eigenvalue weighted by molar-refractivity contribution is 7.60. The van der Waals surface area contributed by atoms with Crippen LogP contribution in [0.2, 0.25) is 0 Å². The zero-order valence-electron chi connectivity index (χ0n) is 13.1. The van der Waals surface area contributed by atoms with Gasteiger partial charge in [-0.05, 0) is 24.5 Å². The molecule has 2 unspecified atom stereocenters.